The van der Waals surface area contributed by atoms with Crippen molar-refractivity contribution < 1.29 is 9.00 Å². The maximum Gasteiger partial charge on any atom is 0.236 e. The van der Waals surface area contributed by atoms with Crippen LogP contribution in [-0.4, -0.2) is 41.3 Å². The lowest BCUT2D eigenvalue weighted by Gasteiger charge is -2.13. The van der Waals surface area contributed by atoms with E-state index >= 15 is 0 Å². The average Bonchev–Trinajstić information content (AvgIpc) is 2.11. The third-order valence-corrected chi connectivity index (χ3v) is 3.26. The highest BCUT2D eigenvalue weighted by Crippen LogP contribution is 1.90. The Hall–Kier alpha value is -0.420. The van der Waals surface area contributed by atoms with E-state index in [-0.39, 0.29) is 17.2 Å². The van der Waals surface area contributed by atoms with Crippen LogP contribution in [0.1, 0.15) is 13.8 Å². The predicted octanol–water partition coefficient (Wildman–Crippen LogP) is -0.522. The molecule has 0 fully saturated rings. The van der Waals surface area contributed by atoms with Crippen LogP contribution in [0.4, 0.5) is 0 Å². The van der Waals surface area contributed by atoms with Gasteiger partial charge in [0.05, 0.1) is 6.04 Å². The molecular weight excluding hydrogens is 188 g/mol. The molecule has 0 bridgehead atoms. The quantitative estimate of drug-likeness (QED) is 0.636. The number of rotatable bonds is 5. The van der Waals surface area contributed by atoms with Crippen LogP contribution < -0.4 is 10.6 Å². The molecule has 0 aliphatic carbocycles. The third kappa shape index (κ3) is 5.00. The maximum atomic E-state index is 11.2. The van der Waals surface area contributed by atoms with Crippen molar-refractivity contribution in [1.29, 1.82) is 0 Å². The van der Waals surface area contributed by atoms with Crippen LogP contribution in [0.2, 0.25) is 0 Å². The zero-order valence-corrected chi connectivity index (χ0v) is 9.40. The summed E-state index contributed by atoms with van der Waals surface area (Å²) >= 11 is 0. The molecule has 0 radical (unpaired) electrons. The lowest BCUT2D eigenvalue weighted by Crippen LogP contribution is -2.43. The zero-order valence-electron chi connectivity index (χ0n) is 8.59. The van der Waals surface area contributed by atoms with E-state index in [9.17, 15) is 9.00 Å². The molecule has 1 amide bonds. The molecule has 0 aromatic rings. The van der Waals surface area contributed by atoms with E-state index in [1.807, 2.05) is 6.92 Å². The molecule has 0 heterocycles. The second kappa shape index (κ2) is 6.10. The van der Waals surface area contributed by atoms with Crippen LogP contribution in [-0.2, 0) is 15.6 Å². The molecule has 4 nitrogen and oxygen atoms in total. The number of carbonyl (C=O) groups is 1. The van der Waals surface area contributed by atoms with Crippen LogP contribution in [0.3, 0.4) is 0 Å². The first kappa shape index (κ1) is 12.6. The number of hydrogen-bond donors (Lipinski definition) is 2. The lowest BCUT2D eigenvalue weighted by atomic mass is 10.3. The fourth-order valence-electron chi connectivity index (χ4n) is 0.646. The van der Waals surface area contributed by atoms with Gasteiger partial charge in [-0.1, -0.05) is 0 Å². The van der Waals surface area contributed by atoms with Crippen molar-refractivity contribution in [3.8, 4) is 0 Å². The van der Waals surface area contributed by atoms with Gasteiger partial charge in [0.2, 0.25) is 5.91 Å². The summed E-state index contributed by atoms with van der Waals surface area (Å²) in [5.41, 5.74) is 0. The summed E-state index contributed by atoms with van der Waals surface area (Å²) in [5.74, 6) is -0.0557. The van der Waals surface area contributed by atoms with Gasteiger partial charge in [-0.25, -0.2) is 0 Å². The van der Waals surface area contributed by atoms with E-state index in [0.717, 1.165) is 0 Å². The lowest BCUT2D eigenvalue weighted by molar-refractivity contribution is -0.122. The van der Waals surface area contributed by atoms with Gasteiger partial charge < -0.3 is 10.6 Å². The molecular formula is C8H18N2O2S. The Morgan fingerprint density at radius 3 is 2.38 bits per heavy atom. The molecule has 0 saturated carbocycles. The minimum atomic E-state index is -0.877. The molecule has 0 aliphatic heterocycles. The Labute approximate surface area is 81.9 Å². The number of carbonyl (C=O) groups excluding carboxylic acids is 1. The summed E-state index contributed by atoms with van der Waals surface area (Å²) < 4.78 is 10.9. The Bertz CT molecular complexity index is 197. The van der Waals surface area contributed by atoms with Gasteiger partial charge in [0.25, 0.3) is 0 Å². The molecule has 0 aromatic carbocycles. The van der Waals surface area contributed by atoms with Crippen molar-refractivity contribution in [3.05, 3.63) is 0 Å². The minimum absolute atomic E-state index is 0.00741. The fraction of sp³-hybridized carbons (Fsp3) is 0.875. The highest BCUT2D eigenvalue weighted by Gasteiger charge is 2.12. The molecule has 2 N–H and O–H groups in total. The molecule has 0 saturated heterocycles. The topological polar surface area (TPSA) is 58.2 Å². The standard InChI is InChI=1S/C8H18N2O2S/c1-6(13(4)12)5-10-8(11)7(2)9-3/h6-7,9H,5H2,1-4H3,(H,10,11). The van der Waals surface area contributed by atoms with E-state index in [2.05, 4.69) is 10.6 Å². The molecule has 3 unspecified atom stereocenters. The average molecular weight is 206 g/mol. The molecule has 5 heteroatoms. The Morgan fingerprint density at radius 2 is 2.00 bits per heavy atom. The van der Waals surface area contributed by atoms with Gasteiger partial charge >= 0.3 is 0 Å². The molecule has 0 spiro atoms. The summed E-state index contributed by atoms with van der Waals surface area (Å²) in [7, 11) is 0.851. The largest absolute Gasteiger partial charge is 0.354 e. The van der Waals surface area contributed by atoms with Crippen molar-refractivity contribution in [1.82, 2.24) is 10.6 Å². The second-order valence-electron chi connectivity index (χ2n) is 3.06. The van der Waals surface area contributed by atoms with Crippen molar-refractivity contribution in [2.45, 2.75) is 25.1 Å². The number of hydrogen-bond acceptors (Lipinski definition) is 3. The SMILES string of the molecule is CNC(C)C(=O)NCC(C)S(C)=O. The fourth-order valence-corrected chi connectivity index (χ4v) is 0.964. The van der Waals surface area contributed by atoms with E-state index in [1.54, 1.807) is 20.2 Å². The summed E-state index contributed by atoms with van der Waals surface area (Å²) in [4.78, 5) is 11.2. The molecule has 0 aromatic heterocycles. The van der Waals surface area contributed by atoms with Crippen LogP contribution in [0, 0.1) is 0 Å². The van der Waals surface area contributed by atoms with Crippen molar-refractivity contribution in [2.75, 3.05) is 19.8 Å². The van der Waals surface area contributed by atoms with Gasteiger partial charge in [-0.15, -0.1) is 0 Å². The number of nitrogens with one attached hydrogen (secondary N) is 2. The van der Waals surface area contributed by atoms with E-state index in [1.165, 1.54) is 0 Å². The zero-order chi connectivity index (χ0) is 10.4. The van der Waals surface area contributed by atoms with Gasteiger partial charge in [-0.3, -0.25) is 9.00 Å². The minimum Gasteiger partial charge on any atom is -0.354 e. The summed E-state index contributed by atoms with van der Waals surface area (Å²) in [5, 5.41) is 5.56. The van der Waals surface area contributed by atoms with Gasteiger partial charge in [-0.05, 0) is 20.9 Å². The monoisotopic (exact) mass is 206 g/mol. The smallest absolute Gasteiger partial charge is 0.236 e. The van der Waals surface area contributed by atoms with Gasteiger partial charge in [0.1, 0.15) is 0 Å². The van der Waals surface area contributed by atoms with E-state index in [4.69, 9.17) is 0 Å². The molecule has 0 aliphatic rings. The molecule has 13 heavy (non-hydrogen) atoms. The summed E-state index contributed by atoms with van der Waals surface area (Å²) in [6.07, 6.45) is 1.64. The van der Waals surface area contributed by atoms with Gasteiger partial charge in [0, 0.05) is 28.9 Å². The Balaban J connectivity index is 3.76. The van der Waals surface area contributed by atoms with Crippen LogP contribution in [0.15, 0.2) is 0 Å². The van der Waals surface area contributed by atoms with Crippen LogP contribution in [0.25, 0.3) is 0 Å². The van der Waals surface area contributed by atoms with Crippen LogP contribution >= 0.6 is 0 Å². The van der Waals surface area contributed by atoms with Crippen molar-refractivity contribution in [3.63, 3.8) is 0 Å². The highest BCUT2D eigenvalue weighted by atomic mass is 32.2. The van der Waals surface area contributed by atoms with Crippen LogP contribution in [0.5, 0.6) is 0 Å². The number of amides is 1. The van der Waals surface area contributed by atoms with E-state index < -0.39 is 10.8 Å². The summed E-state index contributed by atoms with van der Waals surface area (Å²) in [6.45, 7) is 4.09. The Morgan fingerprint density at radius 1 is 1.46 bits per heavy atom. The number of likely N-dealkylation sites (N-methyl/N-ethyl adjacent to an activating group) is 1. The predicted molar refractivity (Wildman–Crippen MR) is 55.1 cm³/mol. The third-order valence-electron chi connectivity index (χ3n) is 1.96. The highest BCUT2D eigenvalue weighted by molar-refractivity contribution is 7.84. The van der Waals surface area contributed by atoms with Gasteiger partial charge in [-0.2, -0.15) is 0 Å². The maximum absolute atomic E-state index is 11.2. The molecule has 0 rings (SSSR count). The normalized spacial score (nSPS) is 17.5. The first-order valence-corrected chi connectivity index (χ1v) is 5.88. The molecule has 3 atom stereocenters. The first-order valence-electron chi connectivity index (χ1n) is 4.26. The first-order chi connectivity index (χ1) is 5.99. The van der Waals surface area contributed by atoms with Crippen molar-refractivity contribution >= 4 is 16.7 Å². The second-order valence-corrected chi connectivity index (χ2v) is 4.87. The van der Waals surface area contributed by atoms with Crippen molar-refractivity contribution in [2.24, 2.45) is 0 Å². The summed E-state index contributed by atoms with van der Waals surface area (Å²) in [6, 6.07) is -0.197. The molecule has 78 valence electrons. The van der Waals surface area contributed by atoms with E-state index in [0.29, 0.717) is 6.54 Å². The van der Waals surface area contributed by atoms with Gasteiger partial charge in [0.15, 0.2) is 0 Å². The Kier molecular flexibility index (Phi) is 5.90.